The van der Waals surface area contributed by atoms with Gasteiger partial charge in [-0.15, -0.1) is 10.2 Å². The summed E-state index contributed by atoms with van der Waals surface area (Å²) < 4.78 is 7.08. The van der Waals surface area contributed by atoms with E-state index in [-0.39, 0.29) is 11.7 Å². The smallest absolute Gasteiger partial charge is 0.234 e. The zero-order chi connectivity index (χ0) is 21.6. The van der Waals surface area contributed by atoms with Crippen molar-refractivity contribution in [3.8, 4) is 23.0 Å². The SMILES string of the molecule is COc1cccc(NC(=O)CSc2nnc(-c3cnccn3)n2-c2ccc(C)cc2)c1. The Hall–Kier alpha value is -3.72. The molecule has 0 aliphatic carbocycles. The number of ether oxygens (including phenoxy) is 1. The number of benzene rings is 2. The quantitative estimate of drug-likeness (QED) is 0.444. The van der Waals surface area contributed by atoms with Gasteiger partial charge in [0.25, 0.3) is 0 Å². The minimum atomic E-state index is -0.155. The van der Waals surface area contributed by atoms with Gasteiger partial charge >= 0.3 is 0 Å². The summed E-state index contributed by atoms with van der Waals surface area (Å²) >= 11 is 1.30. The topological polar surface area (TPSA) is 94.8 Å². The lowest BCUT2D eigenvalue weighted by molar-refractivity contribution is -0.113. The first-order valence-electron chi connectivity index (χ1n) is 9.49. The van der Waals surface area contributed by atoms with Gasteiger partial charge in [0, 0.05) is 29.8 Å². The molecule has 0 unspecified atom stereocenters. The lowest BCUT2D eigenvalue weighted by atomic mass is 10.2. The van der Waals surface area contributed by atoms with Gasteiger partial charge in [-0.2, -0.15) is 0 Å². The van der Waals surface area contributed by atoms with Gasteiger partial charge in [-0.05, 0) is 31.2 Å². The number of aryl methyl sites for hydroxylation is 1. The highest BCUT2D eigenvalue weighted by molar-refractivity contribution is 7.99. The van der Waals surface area contributed by atoms with Gasteiger partial charge in [-0.1, -0.05) is 35.5 Å². The molecule has 2 aromatic carbocycles. The average molecular weight is 433 g/mol. The normalized spacial score (nSPS) is 10.6. The highest BCUT2D eigenvalue weighted by Gasteiger charge is 2.18. The monoisotopic (exact) mass is 432 g/mol. The summed E-state index contributed by atoms with van der Waals surface area (Å²) in [6.45, 7) is 2.03. The predicted molar refractivity (Wildman–Crippen MR) is 119 cm³/mol. The third-order valence-corrected chi connectivity index (χ3v) is 5.33. The summed E-state index contributed by atoms with van der Waals surface area (Å²) in [6.07, 6.45) is 4.85. The Morgan fingerprint density at radius 1 is 1.13 bits per heavy atom. The zero-order valence-corrected chi connectivity index (χ0v) is 17.8. The maximum atomic E-state index is 12.5. The molecule has 0 bridgehead atoms. The molecule has 4 aromatic rings. The number of carbonyl (C=O) groups excluding carboxylic acids is 1. The van der Waals surface area contributed by atoms with E-state index in [1.54, 1.807) is 31.8 Å². The summed E-state index contributed by atoms with van der Waals surface area (Å²) in [5.74, 6) is 1.25. The summed E-state index contributed by atoms with van der Waals surface area (Å²) in [5, 5.41) is 12.1. The molecule has 8 nitrogen and oxygen atoms in total. The molecule has 0 aliphatic rings. The fourth-order valence-electron chi connectivity index (χ4n) is 2.90. The number of nitrogens with one attached hydrogen (secondary N) is 1. The summed E-state index contributed by atoms with van der Waals surface area (Å²) in [6, 6.07) is 15.2. The average Bonchev–Trinajstić information content (AvgIpc) is 3.23. The fourth-order valence-corrected chi connectivity index (χ4v) is 3.65. The van der Waals surface area contributed by atoms with E-state index < -0.39 is 0 Å². The van der Waals surface area contributed by atoms with Crippen LogP contribution in [0.1, 0.15) is 5.56 Å². The number of carbonyl (C=O) groups is 1. The summed E-state index contributed by atoms with van der Waals surface area (Å²) in [7, 11) is 1.59. The molecule has 1 amide bonds. The molecule has 1 N–H and O–H groups in total. The molecule has 31 heavy (non-hydrogen) atoms. The number of rotatable bonds is 7. The van der Waals surface area contributed by atoms with Gasteiger partial charge in [0.15, 0.2) is 11.0 Å². The van der Waals surface area contributed by atoms with Gasteiger partial charge in [0.1, 0.15) is 11.4 Å². The second-order valence-electron chi connectivity index (χ2n) is 6.64. The largest absolute Gasteiger partial charge is 0.497 e. The van der Waals surface area contributed by atoms with E-state index >= 15 is 0 Å². The standard InChI is InChI=1S/C22H20N6O2S/c1-15-6-8-17(9-7-15)28-21(19-13-23-10-11-24-19)26-27-22(28)31-14-20(29)25-16-4-3-5-18(12-16)30-2/h3-13H,14H2,1-2H3,(H,25,29). The highest BCUT2D eigenvalue weighted by atomic mass is 32.2. The van der Waals surface area contributed by atoms with Crippen LogP contribution in [0.5, 0.6) is 5.75 Å². The minimum Gasteiger partial charge on any atom is -0.497 e. The van der Waals surface area contributed by atoms with Crippen LogP contribution in [-0.4, -0.2) is 43.5 Å². The van der Waals surface area contributed by atoms with Crippen LogP contribution in [-0.2, 0) is 4.79 Å². The highest BCUT2D eigenvalue weighted by Crippen LogP contribution is 2.27. The van der Waals surface area contributed by atoms with Crippen LogP contribution in [0.3, 0.4) is 0 Å². The van der Waals surface area contributed by atoms with E-state index in [1.165, 1.54) is 11.8 Å². The van der Waals surface area contributed by atoms with Crippen molar-refractivity contribution in [2.24, 2.45) is 0 Å². The van der Waals surface area contributed by atoms with E-state index in [9.17, 15) is 4.79 Å². The molecule has 9 heteroatoms. The van der Waals surface area contributed by atoms with Gasteiger partial charge < -0.3 is 10.1 Å². The number of thioether (sulfide) groups is 1. The van der Waals surface area contributed by atoms with E-state index in [0.29, 0.717) is 28.1 Å². The van der Waals surface area contributed by atoms with E-state index in [4.69, 9.17) is 4.74 Å². The van der Waals surface area contributed by atoms with Crippen molar-refractivity contribution in [1.29, 1.82) is 0 Å². The first-order valence-corrected chi connectivity index (χ1v) is 10.5. The Kier molecular flexibility index (Phi) is 6.23. The van der Waals surface area contributed by atoms with Crippen molar-refractivity contribution in [2.75, 3.05) is 18.2 Å². The number of methoxy groups -OCH3 is 1. The first kappa shape index (κ1) is 20.5. The van der Waals surface area contributed by atoms with Crippen LogP contribution in [0.15, 0.2) is 72.3 Å². The molecule has 0 fully saturated rings. The minimum absolute atomic E-state index is 0.155. The van der Waals surface area contributed by atoms with Crippen LogP contribution in [0.25, 0.3) is 17.2 Å². The molecule has 2 heterocycles. The molecule has 156 valence electrons. The molecule has 0 saturated heterocycles. The van der Waals surface area contributed by atoms with Crippen LogP contribution in [0.4, 0.5) is 5.69 Å². The van der Waals surface area contributed by atoms with E-state index in [2.05, 4.69) is 25.5 Å². The molecule has 2 aromatic heterocycles. The molecular weight excluding hydrogens is 412 g/mol. The van der Waals surface area contributed by atoms with Gasteiger partial charge in [0.2, 0.25) is 5.91 Å². The van der Waals surface area contributed by atoms with Crippen molar-refractivity contribution in [3.63, 3.8) is 0 Å². The Bertz CT molecular complexity index is 1180. The molecule has 0 atom stereocenters. The second kappa shape index (κ2) is 9.40. The lowest BCUT2D eigenvalue weighted by Crippen LogP contribution is -2.14. The van der Waals surface area contributed by atoms with Crippen molar-refractivity contribution < 1.29 is 9.53 Å². The van der Waals surface area contributed by atoms with Gasteiger partial charge in [-0.25, -0.2) is 4.98 Å². The van der Waals surface area contributed by atoms with Crippen LogP contribution in [0.2, 0.25) is 0 Å². The number of hydrogen-bond acceptors (Lipinski definition) is 7. The number of aromatic nitrogens is 5. The van der Waals surface area contributed by atoms with Crippen LogP contribution >= 0.6 is 11.8 Å². The third-order valence-electron chi connectivity index (χ3n) is 4.40. The van der Waals surface area contributed by atoms with Crippen molar-refractivity contribution in [3.05, 3.63) is 72.7 Å². The van der Waals surface area contributed by atoms with Crippen LogP contribution < -0.4 is 10.1 Å². The number of anilines is 1. The third kappa shape index (κ3) is 4.89. The lowest BCUT2D eigenvalue weighted by Gasteiger charge is -2.10. The Morgan fingerprint density at radius 3 is 2.71 bits per heavy atom. The first-order chi connectivity index (χ1) is 15.1. The molecule has 0 spiro atoms. The van der Waals surface area contributed by atoms with Gasteiger partial charge in [-0.3, -0.25) is 14.3 Å². The van der Waals surface area contributed by atoms with E-state index in [1.807, 2.05) is 54.0 Å². The number of hydrogen-bond donors (Lipinski definition) is 1. The Balaban J connectivity index is 1.57. The molecule has 0 aliphatic heterocycles. The Morgan fingerprint density at radius 2 is 1.97 bits per heavy atom. The molecule has 0 saturated carbocycles. The number of nitrogens with zero attached hydrogens (tertiary/aromatic N) is 5. The van der Waals surface area contributed by atoms with E-state index in [0.717, 1.165) is 11.3 Å². The zero-order valence-electron chi connectivity index (χ0n) is 17.0. The van der Waals surface area contributed by atoms with Crippen molar-refractivity contribution in [2.45, 2.75) is 12.1 Å². The molecular formula is C22H20N6O2S. The summed E-state index contributed by atoms with van der Waals surface area (Å²) in [5.41, 5.74) is 3.30. The van der Waals surface area contributed by atoms with Crippen LogP contribution in [0, 0.1) is 6.92 Å². The van der Waals surface area contributed by atoms with Crippen molar-refractivity contribution in [1.82, 2.24) is 24.7 Å². The maximum Gasteiger partial charge on any atom is 0.234 e. The molecule has 4 rings (SSSR count). The Labute approximate surface area is 183 Å². The summed E-state index contributed by atoms with van der Waals surface area (Å²) in [4.78, 5) is 21.0. The van der Waals surface area contributed by atoms with Gasteiger partial charge in [0.05, 0.1) is 19.1 Å². The molecule has 0 radical (unpaired) electrons. The van der Waals surface area contributed by atoms with Crippen molar-refractivity contribution >= 4 is 23.4 Å². The predicted octanol–water partition coefficient (Wildman–Crippen LogP) is 3.77. The second-order valence-corrected chi connectivity index (χ2v) is 7.58. The maximum absolute atomic E-state index is 12.5. The number of amides is 1. The fraction of sp³-hybridized carbons (Fsp3) is 0.136.